The van der Waals surface area contributed by atoms with Gasteiger partial charge < -0.3 is 9.97 Å². The van der Waals surface area contributed by atoms with Crippen molar-refractivity contribution in [3.63, 3.8) is 0 Å². The standard InChI is InChI=1S/C6H7N3O/c10-6-8-4-1-2-7-3-5(4)9-6/h2H,1,3H2,(H2,8,9,10). The Balaban J connectivity index is 2.56. The van der Waals surface area contributed by atoms with Gasteiger partial charge in [0.15, 0.2) is 0 Å². The van der Waals surface area contributed by atoms with Crippen molar-refractivity contribution in [2.75, 3.05) is 0 Å². The van der Waals surface area contributed by atoms with Crippen LogP contribution in [-0.2, 0) is 13.0 Å². The predicted octanol–water partition coefficient (Wildman–Crippen LogP) is -0.170. The summed E-state index contributed by atoms with van der Waals surface area (Å²) in [7, 11) is 0. The SMILES string of the molecule is O=c1[nH]c2c([nH]1)CN=CC2. The van der Waals surface area contributed by atoms with Gasteiger partial charge in [0, 0.05) is 18.3 Å². The van der Waals surface area contributed by atoms with Crippen LogP contribution in [0.1, 0.15) is 11.4 Å². The average molecular weight is 137 g/mol. The minimum Gasteiger partial charge on any atom is -0.309 e. The molecule has 2 rings (SSSR count). The molecule has 1 aliphatic heterocycles. The normalized spacial score (nSPS) is 15.2. The van der Waals surface area contributed by atoms with Gasteiger partial charge in [-0.1, -0.05) is 0 Å². The number of nitrogens with one attached hydrogen (secondary N) is 2. The zero-order valence-corrected chi connectivity index (χ0v) is 5.35. The molecule has 52 valence electrons. The summed E-state index contributed by atoms with van der Waals surface area (Å²) in [5.74, 6) is 0. The number of hydrogen-bond donors (Lipinski definition) is 2. The first-order chi connectivity index (χ1) is 4.86. The molecule has 0 bridgehead atoms. The van der Waals surface area contributed by atoms with E-state index in [9.17, 15) is 4.79 Å². The van der Waals surface area contributed by atoms with Crippen LogP contribution >= 0.6 is 0 Å². The first-order valence-electron chi connectivity index (χ1n) is 3.14. The summed E-state index contributed by atoms with van der Waals surface area (Å²) in [6, 6.07) is 0. The number of aromatic amines is 2. The summed E-state index contributed by atoms with van der Waals surface area (Å²) in [6.45, 7) is 0.605. The van der Waals surface area contributed by atoms with E-state index < -0.39 is 0 Å². The maximum atomic E-state index is 10.7. The Labute approximate surface area is 57.0 Å². The van der Waals surface area contributed by atoms with E-state index in [1.165, 1.54) is 0 Å². The van der Waals surface area contributed by atoms with Gasteiger partial charge in [0.25, 0.3) is 0 Å². The molecule has 0 unspecified atom stereocenters. The Hall–Kier alpha value is -1.32. The quantitative estimate of drug-likeness (QED) is 0.512. The summed E-state index contributed by atoms with van der Waals surface area (Å²) >= 11 is 0. The van der Waals surface area contributed by atoms with Crippen molar-refractivity contribution in [1.82, 2.24) is 9.97 Å². The molecule has 0 atom stereocenters. The molecule has 1 aliphatic rings. The lowest BCUT2D eigenvalue weighted by atomic mass is 10.2. The number of H-pyrrole nitrogens is 2. The number of rotatable bonds is 0. The second-order valence-corrected chi connectivity index (χ2v) is 2.26. The Morgan fingerprint density at radius 3 is 3.00 bits per heavy atom. The Morgan fingerprint density at radius 1 is 1.40 bits per heavy atom. The van der Waals surface area contributed by atoms with Gasteiger partial charge in [-0.2, -0.15) is 0 Å². The highest BCUT2D eigenvalue weighted by molar-refractivity contribution is 5.62. The maximum absolute atomic E-state index is 10.7. The second-order valence-electron chi connectivity index (χ2n) is 2.26. The predicted molar refractivity (Wildman–Crippen MR) is 37.3 cm³/mol. The van der Waals surface area contributed by atoms with Crippen molar-refractivity contribution in [1.29, 1.82) is 0 Å². The lowest BCUT2D eigenvalue weighted by Gasteiger charge is -2.00. The topological polar surface area (TPSA) is 61.0 Å². The number of hydrogen-bond acceptors (Lipinski definition) is 2. The van der Waals surface area contributed by atoms with E-state index in [1.807, 2.05) is 6.21 Å². The molecule has 2 heterocycles. The summed E-state index contributed by atoms with van der Waals surface area (Å²) in [6.07, 6.45) is 2.56. The van der Waals surface area contributed by atoms with Crippen molar-refractivity contribution in [2.45, 2.75) is 13.0 Å². The average Bonchev–Trinajstić information content (AvgIpc) is 2.27. The van der Waals surface area contributed by atoms with Crippen molar-refractivity contribution in [3.8, 4) is 0 Å². The largest absolute Gasteiger partial charge is 0.323 e. The fourth-order valence-corrected chi connectivity index (χ4v) is 1.08. The molecule has 0 aromatic carbocycles. The van der Waals surface area contributed by atoms with Gasteiger partial charge in [0.2, 0.25) is 0 Å². The lowest BCUT2D eigenvalue weighted by molar-refractivity contribution is 0.952. The van der Waals surface area contributed by atoms with Crippen LogP contribution in [0.15, 0.2) is 9.79 Å². The van der Waals surface area contributed by atoms with Crippen LogP contribution in [0, 0.1) is 0 Å². The summed E-state index contributed by atoms with van der Waals surface area (Å²) in [4.78, 5) is 20.1. The van der Waals surface area contributed by atoms with Crippen LogP contribution in [0.5, 0.6) is 0 Å². The van der Waals surface area contributed by atoms with E-state index in [2.05, 4.69) is 15.0 Å². The van der Waals surface area contributed by atoms with Gasteiger partial charge in [0.1, 0.15) is 0 Å². The van der Waals surface area contributed by atoms with E-state index in [-0.39, 0.29) is 5.69 Å². The van der Waals surface area contributed by atoms with Crippen molar-refractivity contribution in [3.05, 3.63) is 21.9 Å². The van der Waals surface area contributed by atoms with Crippen molar-refractivity contribution in [2.24, 2.45) is 4.99 Å². The number of aliphatic imine (C=N–C) groups is 1. The Morgan fingerprint density at radius 2 is 2.20 bits per heavy atom. The molecule has 0 amide bonds. The van der Waals surface area contributed by atoms with Gasteiger partial charge >= 0.3 is 5.69 Å². The highest BCUT2D eigenvalue weighted by Gasteiger charge is 2.07. The monoisotopic (exact) mass is 137 g/mol. The number of aromatic nitrogens is 2. The Bertz CT molecular complexity index is 291. The van der Waals surface area contributed by atoms with Crippen LogP contribution in [0.25, 0.3) is 0 Å². The summed E-state index contributed by atoms with van der Waals surface area (Å²) < 4.78 is 0. The zero-order chi connectivity index (χ0) is 6.97. The first-order valence-corrected chi connectivity index (χ1v) is 3.14. The van der Waals surface area contributed by atoms with Crippen LogP contribution in [-0.4, -0.2) is 16.2 Å². The van der Waals surface area contributed by atoms with E-state index in [0.717, 1.165) is 17.8 Å². The molecular formula is C6H7N3O. The molecule has 4 nitrogen and oxygen atoms in total. The zero-order valence-electron chi connectivity index (χ0n) is 5.35. The maximum Gasteiger partial charge on any atom is 0.323 e. The molecule has 4 heteroatoms. The van der Waals surface area contributed by atoms with Gasteiger partial charge in [-0.05, 0) is 0 Å². The molecule has 1 aromatic heterocycles. The third kappa shape index (κ3) is 0.689. The smallest absolute Gasteiger partial charge is 0.309 e. The number of imidazole rings is 1. The van der Waals surface area contributed by atoms with Crippen molar-refractivity contribution >= 4 is 6.21 Å². The third-order valence-corrected chi connectivity index (χ3v) is 1.57. The molecule has 0 spiro atoms. The van der Waals surface area contributed by atoms with E-state index >= 15 is 0 Å². The molecule has 1 aromatic rings. The van der Waals surface area contributed by atoms with Gasteiger partial charge in [0.05, 0.1) is 12.2 Å². The first kappa shape index (κ1) is 5.46. The van der Waals surface area contributed by atoms with E-state index in [4.69, 9.17) is 0 Å². The second kappa shape index (κ2) is 1.83. The summed E-state index contributed by atoms with van der Waals surface area (Å²) in [5.41, 5.74) is 1.77. The van der Waals surface area contributed by atoms with E-state index in [1.54, 1.807) is 0 Å². The fourth-order valence-electron chi connectivity index (χ4n) is 1.08. The number of fused-ring (bicyclic) bond motifs is 1. The molecule has 0 saturated heterocycles. The molecule has 2 N–H and O–H groups in total. The molecule has 0 saturated carbocycles. The minimum atomic E-state index is -0.129. The van der Waals surface area contributed by atoms with Gasteiger partial charge in [-0.25, -0.2) is 4.79 Å². The number of nitrogens with zero attached hydrogens (tertiary/aromatic N) is 1. The van der Waals surface area contributed by atoms with E-state index in [0.29, 0.717) is 6.54 Å². The summed E-state index contributed by atoms with van der Waals surface area (Å²) in [5, 5.41) is 0. The minimum absolute atomic E-state index is 0.129. The highest BCUT2D eigenvalue weighted by Crippen LogP contribution is 2.05. The van der Waals surface area contributed by atoms with Gasteiger partial charge in [-0.3, -0.25) is 4.99 Å². The molecule has 10 heavy (non-hydrogen) atoms. The molecular weight excluding hydrogens is 130 g/mol. The lowest BCUT2D eigenvalue weighted by Crippen LogP contribution is -2.01. The van der Waals surface area contributed by atoms with Crippen LogP contribution < -0.4 is 5.69 Å². The van der Waals surface area contributed by atoms with Gasteiger partial charge in [-0.15, -0.1) is 0 Å². The van der Waals surface area contributed by atoms with Crippen molar-refractivity contribution < 1.29 is 0 Å². The third-order valence-electron chi connectivity index (χ3n) is 1.57. The molecule has 0 aliphatic carbocycles. The van der Waals surface area contributed by atoms with Crippen LogP contribution in [0.3, 0.4) is 0 Å². The van der Waals surface area contributed by atoms with Crippen LogP contribution in [0.2, 0.25) is 0 Å². The van der Waals surface area contributed by atoms with Crippen LogP contribution in [0.4, 0.5) is 0 Å². The fraction of sp³-hybridized carbons (Fsp3) is 0.333. The molecule has 0 fully saturated rings. The highest BCUT2D eigenvalue weighted by atomic mass is 16.1. The Kier molecular flexibility index (Phi) is 1.00. The molecule has 0 radical (unpaired) electrons.